The summed E-state index contributed by atoms with van der Waals surface area (Å²) in [5, 5.41) is 18.3. The van der Waals surface area contributed by atoms with Crippen LogP contribution in [0.25, 0.3) is 0 Å². The van der Waals surface area contributed by atoms with Gasteiger partial charge in [0, 0.05) is 43.4 Å². The lowest BCUT2D eigenvalue weighted by atomic mass is 9.67. The monoisotopic (exact) mass is 472 g/mol. The van der Waals surface area contributed by atoms with Crippen LogP contribution in [-0.2, 0) is 24.2 Å². The first-order valence-corrected chi connectivity index (χ1v) is 13.4. The first-order chi connectivity index (χ1) is 17.1. The first kappa shape index (κ1) is 22.6. The Morgan fingerprint density at radius 2 is 1.94 bits per heavy atom. The van der Waals surface area contributed by atoms with Crippen molar-refractivity contribution in [3.63, 3.8) is 0 Å². The van der Waals surface area contributed by atoms with Crippen molar-refractivity contribution in [1.82, 2.24) is 20.0 Å². The Morgan fingerprint density at radius 1 is 1.14 bits per heavy atom. The van der Waals surface area contributed by atoms with Crippen molar-refractivity contribution in [1.29, 1.82) is 5.26 Å². The highest BCUT2D eigenvalue weighted by molar-refractivity contribution is 5.75. The molecule has 184 valence electrons. The van der Waals surface area contributed by atoms with Gasteiger partial charge in [-0.3, -0.25) is 9.48 Å². The zero-order valence-corrected chi connectivity index (χ0v) is 20.9. The largest absolute Gasteiger partial charge is 0.338 e. The highest BCUT2D eigenvalue weighted by Crippen LogP contribution is 2.48. The Hall–Kier alpha value is -2.85. The molecule has 0 bridgehead atoms. The second-order valence-electron chi connectivity index (χ2n) is 11.1. The SMILES string of the molecule is CC(=O)N1CCc2c(c(N3CCCc4cc(C#N)ccc43)nn2C2CCC3(CCNCC3)CC2)C1. The van der Waals surface area contributed by atoms with E-state index >= 15 is 0 Å². The number of nitriles is 1. The number of fused-ring (bicyclic) bond motifs is 2. The number of aromatic nitrogens is 2. The van der Waals surface area contributed by atoms with Gasteiger partial charge in [0.15, 0.2) is 5.82 Å². The molecule has 1 saturated heterocycles. The van der Waals surface area contributed by atoms with Gasteiger partial charge in [-0.05, 0) is 93.6 Å². The molecule has 7 nitrogen and oxygen atoms in total. The highest BCUT2D eigenvalue weighted by atomic mass is 16.2. The van der Waals surface area contributed by atoms with Crippen LogP contribution >= 0.6 is 0 Å². The summed E-state index contributed by atoms with van der Waals surface area (Å²) in [7, 11) is 0. The fraction of sp³-hybridized carbons (Fsp3) is 0.607. The van der Waals surface area contributed by atoms with Crippen LogP contribution in [0.1, 0.15) is 80.3 Å². The van der Waals surface area contributed by atoms with Gasteiger partial charge in [-0.15, -0.1) is 0 Å². The smallest absolute Gasteiger partial charge is 0.219 e. The van der Waals surface area contributed by atoms with Crippen LogP contribution in [0.15, 0.2) is 18.2 Å². The molecule has 6 rings (SSSR count). The molecule has 1 amide bonds. The number of hydrogen-bond donors (Lipinski definition) is 1. The molecular weight excluding hydrogens is 436 g/mol. The molecule has 0 radical (unpaired) electrons. The summed E-state index contributed by atoms with van der Waals surface area (Å²) in [5.41, 5.74) is 6.21. The van der Waals surface area contributed by atoms with Gasteiger partial charge in [0.05, 0.1) is 24.2 Å². The minimum atomic E-state index is 0.137. The number of nitrogens with one attached hydrogen (secondary N) is 1. The summed E-state index contributed by atoms with van der Waals surface area (Å²) < 4.78 is 2.37. The molecule has 2 fully saturated rings. The summed E-state index contributed by atoms with van der Waals surface area (Å²) in [4.78, 5) is 16.6. The predicted octanol–water partition coefficient (Wildman–Crippen LogP) is 4.23. The maximum absolute atomic E-state index is 12.3. The molecule has 1 saturated carbocycles. The van der Waals surface area contributed by atoms with Crippen molar-refractivity contribution >= 4 is 17.4 Å². The Kier molecular flexibility index (Phi) is 5.80. The molecule has 0 unspecified atom stereocenters. The van der Waals surface area contributed by atoms with Gasteiger partial charge in [0.25, 0.3) is 0 Å². The van der Waals surface area contributed by atoms with Crippen LogP contribution < -0.4 is 10.2 Å². The van der Waals surface area contributed by atoms with Crippen molar-refractivity contribution in [3.05, 3.63) is 40.6 Å². The molecular formula is C28H36N6O. The zero-order valence-electron chi connectivity index (χ0n) is 20.9. The molecule has 1 aliphatic carbocycles. The number of anilines is 2. The van der Waals surface area contributed by atoms with Gasteiger partial charge in [0.1, 0.15) is 0 Å². The minimum absolute atomic E-state index is 0.137. The van der Waals surface area contributed by atoms with Crippen LogP contribution in [0.2, 0.25) is 0 Å². The van der Waals surface area contributed by atoms with Crippen LogP contribution in [0, 0.1) is 16.7 Å². The predicted molar refractivity (Wildman–Crippen MR) is 136 cm³/mol. The average Bonchev–Trinajstić information content (AvgIpc) is 3.27. The van der Waals surface area contributed by atoms with Crippen LogP contribution in [-0.4, -0.2) is 46.8 Å². The Morgan fingerprint density at radius 3 is 2.69 bits per heavy atom. The van der Waals surface area contributed by atoms with Crippen molar-refractivity contribution in [3.8, 4) is 6.07 Å². The number of benzene rings is 1. The number of carbonyl (C=O) groups excluding carboxylic acids is 1. The third kappa shape index (κ3) is 4.02. The number of piperidine rings is 1. The van der Waals surface area contributed by atoms with Crippen LogP contribution in [0.3, 0.4) is 0 Å². The van der Waals surface area contributed by atoms with Gasteiger partial charge >= 0.3 is 0 Å². The molecule has 4 aliphatic rings. The quantitative estimate of drug-likeness (QED) is 0.708. The second-order valence-corrected chi connectivity index (χ2v) is 11.1. The lowest BCUT2D eigenvalue weighted by Crippen LogP contribution is -2.40. The third-order valence-electron chi connectivity index (χ3n) is 9.12. The zero-order chi connectivity index (χ0) is 24.0. The molecule has 3 aliphatic heterocycles. The Balaban J connectivity index is 1.36. The van der Waals surface area contributed by atoms with E-state index in [0.717, 1.165) is 56.8 Å². The summed E-state index contributed by atoms with van der Waals surface area (Å²) in [6, 6.07) is 8.78. The molecule has 7 heteroatoms. The topological polar surface area (TPSA) is 77.2 Å². The van der Waals surface area contributed by atoms with E-state index in [1.165, 1.54) is 61.0 Å². The van der Waals surface area contributed by atoms with E-state index in [9.17, 15) is 10.1 Å². The van der Waals surface area contributed by atoms with E-state index in [-0.39, 0.29) is 5.91 Å². The van der Waals surface area contributed by atoms with Gasteiger partial charge in [-0.25, -0.2) is 0 Å². The lowest BCUT2D eigenvalue weighted by molar-refractivity contribution is -0.129. The molecule has 1 N–H and O–H groups in total. The molecule has 1 aromatic carbocycles. The minimum Gasteiger partial charge on any atom is -0.338 e. The van der Waals surface area contributed by atoms with E-state index in [1.54, 1.807) is 6.92 Å². The number of amides is 1. The summed E-state index contributed by atoms with van der Waals surface area (Å²) in [6.07, 6.45) is 10.5. The van der Waals surface area contributed by atoms with Gasteiger partial charge in [0.2, 0.25) is 5.91 Å². The standard InChI is InChI=1S/C28H36N6O/c1-20(35)32-16-8-26-24(19-32)27(33-15-2-3-22-17-21(18-29)4-5-25(22)33)31-34(26)23-6-9-28(10-7-23)11-13-30-14-12-28/h4-5,17,23,30H,2-3,6-16,19H2,1H3. The number of aryl methyl sites for hydroxylation is 1. The number of carbonyl (C=O) groups is 1. The van der Waals surface area contributed by atoms with Crippen molar-refractivity contribution in [2.45, 2.75) is 77.3 Å². The molecule has 2 aromatic rings. The normalized spacial score (nSPS) is 21.9. The number of hydrogen-bond acceptors (Lipinski definition) is 5. The summed E-state index contributed by atoms with van der Waals surface area (Å²) >= 11 is 0. The Bertz CT molecular complexity index is 1160. The third-order valence-corrected chi connectivity index (χ3v) is 9.12. The molecule has 0 atom stereocenters. The van der Waals surface area contributed by atoms with Gasteiger partial charge in [-0.2, -0.15) is 10.4 Å². The maximum Gasteiger partial charge on any atom is 0.219 e. The fourth-order valence-electron chi connectivity index (χ4n) is 7.02. The van der Waals surface area contributed by atoms with E-state index in [4.69, 9.17) is 5.10 Å². The second kappa shape index (κ2) is 8.98. The lowest BCUT2D eigenvalue weighted by Gasteiger charge is -2.43. The van der Waals surface area contributed by atoms with E-state index in [2.05, 4.69) is 27.0 Å². The number of nitrogens with zero attached hydrogens (tertiary/aromatic N) is 5. The fourth-order valence-corrected chi connectivity index (χ4v) is 7.02. The van der Waals surface area contributed by atoms with Crippen molar-refractivity contribution < 1.29 is 4.79 Å². The first-order valence-electron chi connectivity index (χ1n) is 13.4. The van der Waals surface area contributed by atoms with Crippen molar-refractivity contribution in [2.24, 2.45) is 5.41 Å². The molecule has 1 aromatic heterocycles. The molecule has 35 heavy (non-hydrogen) atoms. The summed E-state index contributed by atoms with van der Waals surface area (Å²) in [5.74, 6) is 1.16. The summed E-state index contributed by atoms with van der Waals surface area (Å²) in [6.45, 7) is 6.34. The highest BCUT2D eigenvalue weighted by Gasteiger charge is 2.39. The van der Waals surface area contributed by atoms with Gasteiger partial charge < -0.3 is 15.1 Å². The van der Waals surface area contributed by atoms with E-state index < -0.39 is 0 Å². The molecule has 1 spiro atoms. The van der Waals surface area contributed by atoms with Crippen LogP contribution in [0.4, 0.5) is 11.5 Å². The molecule has 4 heterocycles. The number of rotatable bonds is 2. The maximum atomic E-state index is 12.3. The average molecular weight is 473 g/mol. The van der Waals surface area contributed by atoms with Crippen molar-refractivity contribution in [2.75, 3.05) is 31.1 Å². The van der Waals surface area contributed by atoms with Gasteiger partial charge in [-0.1, -0.05) is 0 Å². The van der Waals surface area contributed by atoms with E-state index in [0.29, 0.717) is 18.0 Å². The van der Waals surface area contributed by atoms with E-state index in [1.807, 2.05) is 17.0 Å². The van der Waals surface area contributed by atoms with Crippen LogP contribution in [0.5, 0.6) is 0 Å². The Labute approximate surface area is 208 Å².